The monoisotopic (exact) mass is 390 g/mol. The third-order valence-corrected chi connectivity index (χ3v) is 4.77. The van der Waals surface area contributed by atoms with E-state index in [4.69, 9.17) is 4.42 Å². The van der Waals surface area contributed by atoms with Gasteiger partial charge in [0.1, 0.15) is 29.9 Å². The number of anilines is 2. The van der Waals surface area contributed by atoms with Gasteiger partial charge in [-0.3, -0.25) is 9.48 Å². The molecular weight excluding hydrogens is 372 g/mol. The Morgan fingerprint density at radius 2 is 2.07 bits per heavy atom. The standard InChI is InChI=1S/C19H18N8O2/c1-20-16-12-6-21-15(25-18(28)10-3-4-10)5-11(12)13(7-22-16)19-24-14(8-29-19)17-23-9-27(2)26-17/h5-10H,3-4H2,1-2H3,(H,20,22)(H,21,25,28). The number of aromatic nitrogens is 6. The summed E-state index contributed by atoms with van der Waals surface area (Å²) in [4.78, 5) is 29.7. The van der Waals surface area contributed by atoms with Crippen LogP contribution in [0.2, 0.25) is 0 Å². The molecule has 1 aliphatic rings. The molecule has 2 N–H and O–H groups in total. The second-order valence-electron chi connectivity index (χ2n) is 6.93. The summed E-state index contributed by atoms with van der Waals surface area (Å²) in [6, 6.07) is 1.82. The number of pyridine rings is 2. The highest BCUT2D eigenvalue weighted by Gasteiger charge is 2.30. The maximum absolute atomic E-state index is 12.1. The lowest BCUT2D eigenvalue weighted by Crippen LogP contribution is -2.14. The summed E-state index contributed by atoms with van der Waals surface area (Å²) in [6.45, 7) is 0. The van der Waals surface area contributed by atoms with Gasteiger partial charge >= 0.3 is 0 Å². The van der Waals surface area contributed by atoms with E-state index >= 15 is 0 Å². The summed E-state index contributed by atoms with van der Waals surface area (Å²) in [5, 5.41) is 11.8. The number of nitrogens with zero attached hydrogens (tertiary/aromatic N) is 6. The highest BCUT2D eigenvalue weighted by molar-refractivity contribution is 6.03. The maximum Gasteiger partial charge on any atom is 0.228 e. The van der Waals surface area contributed by atoms with Gasteiger partial charge in [-0.2, -0.15) is 0 Å². The summed E-state index contributed by atoms with van der Waals surface area (Å²) in [6.07, 6.45) is 8.34. The molecular formula is C19H18N8O2. The van der Waals surface area contributed by atoms with E-state index in [1.54, 1.807) is 37.5 Å². The molecule has 1 saturated carbocycles. The summed E-state index contributed by atoms with van der Waals surface area (Å²) in [5.41, 5.74) is 1.22. The highest BCUT2D eigenvalue weighted by Crippen LogP contribution is 2.34. The van der Waals surface area contributed by atoms with E-state index in [1.807, 2.05) is 6.07 Å². The third kappa shape index (κ3) is 3.18. The van der Waals surface area contributed by atoms with Crippen LogP contribution in [0.15, 0.2) is 35.5 Å². The van der Waals surface area contributed by atoms with E-state index in [9.17, 15) is 4.79 Å². The van der Waals surface area contributed by atoms with Gasteiger partial charge in [-0.1, -0.05) is 0 Å². The Bertz CT molecular complexity index is 1220. The SMILES string of the molecule is CNc1ncc(-c2nc(-c3ncn(C)n3)co2)c2cc(NC(=O)C3CC3)ncc12. The van der Waals surface area contributed by atoms with Crippen LogP contribution in [0.5, 0.6) is 0 Å². The van der Waals surface area contributed by atoms with E-state index in [2.05, 4.69) is 35.7 Å². The molecule has 5 rings (SSSR count). The minimum Gasteiger partial charge on any atom is -0.444 e. The number of amides is 1. The number of hydrogen-bond acceptors (Lipinski definition) is 8. The van der Waals surface area contributed by atoms with Gasteiger partial charge in [-0.25, -0.2) is 19.9 Å². The molecule has 0 spiro atoms. The van der Waals surface area contributed by atoms with E-state index in [0.717, 1.165) is 23.6 Å². The summed E-state index contributed by atoms with van der Waals surface area (Å²) in [5.74, 6) is 2.12. The lowest BCUT2D eigenvalue weighted by Gasteiger charge is -2.10. The van der Waals surface area contributed by atoms with E-state index in [1.165, 1.54) is 6.26 Å². The van der Waals surface area contributed by atoms with Crippen molar-refractivity contribution in [2.24, 2.45) is 13.0 Å². The number of carbonyl (C=O) groups excluding carboxylic acids is 1. The average Bonchev–Trinajstić information content (AvgIpc) is 3.32. The molecule has 29 heavy (non-hydrogen) atoms. The number of nitrogens with one attached hydrogen (secondary N) is 2. The molecule has 0 aliphatic heterocycles. The molecule has 0 saturated heterocycles. The summed E-state index contributed by atoms with van der Waals surface area (Å²) < 4.78 is 7.30. The molecule has 10 heteroatoms. The highest BCUT2D eigenvalue weighted by atomic mass is 16.3. The molecule has 4 heterocycles. The summed E-state index contributed by atoms with van der Waals surface area (Å²) in [7, 11) is 3.58. The van der Waals surface area contributed by atoms with Crippen LogP contribution >= 0.6 is 0 Å². The first-order valence-corrected chi connectivity index (χ1v) is 9.21. The lowest BCUT2D eigenvalue weighted by molar-refractivity contribution is -0.117. The lowest BCUT2D eigenvalue weighted by atomic mass is 10.1. The molecule has 0 bridgehead atoms. The van der Waals surface area contributed by atoms with Crippen molar-refractivity contribution in [3.8, 4) is 23.0 Å². The van der Waals surface area contributed by atoms with Crippen LogP contribution in [0.1, 0.15) is 12.8 Å². The van der Waals surface area contributed by atoms with Crippen molar-refractivity contribution in [1.29, 1.82) is 0 Å². The Morgan fingerprint density at radius 3 is 2.79 bits per heavy atom. The predicted molar refractivity (Wildman–Crippen MR) is 106 cm³/mol. The number of carbonyl (C=O) groups is 1. The Morgan fingerprint density at radius 1 is 1.21 bits per heavy atom. The van der Waals surface area contributed by atoms with Gasteiger partial charge in [0, 0.05) is 43.2 Å². The second kappa shape index (κ2) is 6.66. The van der Waals surface area contributed by atoms with Gasteiger partial charge in [-0.05, 0) is 18.9 Å². The van der Waals surface area contributed by atoms with E-state index in [0.29, 0.717) is 34.6 Å². The number of hydrogen-bond donors (Lipinski definition) is 2. The van der Waals surface area contributed by atoms with Crippen LogP contribution in [-0.4, -0.2) is 42.7 Å². The van der Waals surface area contributed by atoms with Crippen molar-refractivity contribution < 1.29 is 9.21 Å². The van der Waals surface area contributed by atoms with Crippen molar-refractivity contribution in [3.63, 3.8) is 0 Å². The molecule has 1 aliphatic carbocycles. The molecule has 1 fully saturated rings. The largest absolute Gasteiger partial charge is 0.444 e. The fourth-order valence-corrected chi connectivity index (χ4v) is 3.10. The normalized spacial score (nSPS) is 13.6. The fourth-order valence-electron chi connectivity index (χ4n) is 3.10. The van der Waals surface area contributed by atoms with Gasteiger partial charge < -0.3 is 15.1 Å². The first-order valence-electron chi connectivity index (χ1n) is 9.21. The molecule has 10 nitrogen and oxygen atoms in total. The first-order chi connectivity index (χ1) is 14.1. The fraction of sp³-hybridized carbons (Fsp3) is 0.263. The first kappa shape index (κ1) is 17.3. The van der Waals surface area contributed by atoms with Gasteiger partial charge in [0.05, 0.1) is 5.56 Å². The van der Waals surface area contributed by atoms with Crippen LogP contribution in [0.25, 0.3) is 33.7 Å². The molecule has 4 aromatic rings. The zero-order chi connectivity index (χ0) is 20.0. The predicted octanol–water partition coefficient (Wildman–Crippen LogP) is 2.47. The third-order valence-electron chi connectivity index (χ3n) is 4.77. The number of fused-ring (bicyclic) bond motifs is 1. The van der Waals surface area contributed by atoms with Gasteiger partial charge in [0.25, 0.3) is 0 Å². The van der Waals surface area contributed by atoms with Crippen molar-refractivity contribution in [3.05, 3.63) is 31.1 Å². The van der Waals surface area contributed by atoms with Crippen molar-refractivity contribution >= 4 is 28.3 Å². The van der Waals surface area contributed by atoms with E-state index in [-0.39, 0.29) is 11.8 Å². The Labute approximate surface area is 165 Å². The topological polar surface area (TPSA) is 124 Å². The van der Waals surface area contributed by atoms with Crippen LogP contribution in [0, 0.1) is 5.92 Å². The second-order valence-corrected chi connectivity index (χ2v) is 6.93. The quantitative estimate of drug-likeness (QED) is 0.533. The Kier molecular flexibility index (Phi) is 3.97. The van der Waals surface area contributed by atoms with Crippen LogP contribution in [0.3, 0.4) is 0 Å². The van der Waals surface area contributed by atoms with Gasteiger partial charge in [-0.15, -0.1) is 5.10 Å². The Hall–Kier alpha value is -3.82. The number of rotatable bonds is 5. The van der Waals surface area contributed by atoms with Crippen LogP contribution < -0.4 is 10.6 Å². The summed E-state index contributed by atoms with van der Waals surface area (Å²) >= 11 is 0. The molecule has 146 valence electrons. The minimum absolute atomic E-state index is 0.000863. The zero-order valence-corrected chi connectivity index (χ0v) is 15.9. The van der Waals surface area contributed by atoms with Crippen molar-refractivity contribution in [2.45, 2.75) is 12.8 Å². The average molecular weight is 390 g/mol. The molecule has 0 unspecified atom stereocenters. The molecule has 0 atom stereocenters. The molecule has 0 radical (unpaired) electrons. The van der Waals surface area contributed by atoms with Crippen LogP contribution in [0.4, 0.5) is 11.6 Å². The number of oxazole rings is 1. The number of aryl methyl sites for hydroxylation is 1. The van der Waals surface area contributed by atoms with Crippen molar-refractivity contribution in [1.82, 2.24) is 29.7 Å². The molecule has 4 aromatic heterocycles. The molecule has 0 aromatic carbocycles. The van der Waals surface area contributed by atoms with Crippen molar-refractivity contribution in [2.75, 3.05) is 17.7 Å². The minimum atomic E-state index is 0.000863. The Balaban J connectivity index is 1.58. The molecule has 1 amide bonds. The van der Waals surface area contributed by atoms with Gasteiger partial charge in [0.2, 0.25) is 17.6 Å². The smallest absolute Gasteiger partial charge is 0.228 e. The zero-order valence-electron chi connectivity index (χ0n) is 15.9. The van der Waals surface area contributed by atoms with E-state index < -0.39 is 0 Å². The maximum atomic E-state index is 12.1. The van der Waals surface area contributed by atoms with Gasteiger partial charge in [0.15, 0.2) is 0 Å². The van der Waals surface area contributed by atoms with Crippen LogP contribution in [-0.2, 0) is 11.8 Å².